The molecular formula is C23H27N3O2. The zero-order chi connectivity index (χ0) is 19.5. The molecule has 1 aliphatic rings. The molecule has 5 heteroatoms. The van der Waals surface area contributed by atoms with Crippen LogP contribution >= 0.6 is 0 Å². The molecule has 0 atom stereocenters. The number of rotatable bonds is 5. The first kappa shape index (κ1) is 18.7. The van der Waals surface area contributed by atoms with Gasteiger partial charge in [0, 0.05) is 29.9 Å². The average Bonchev–Trinajstić information content (AvgIpc) is 2.73. The molecule has 0 spiro atoms. The van der Waals surface area contributed by atoms with Gasteiger partial charge in [0.25, 0.3) is 0 Å². The van der Waals surface area contributed by atoms with Gasteiger partial charge in [-0.05, 0) is 50.1 Å². The van der Waals surface area contributed by atoms with Crippen LogP contribution in [0.2, 0.25) is 0 Å². The molecule has 0 saturated carbocycles. The quantitative estimate of drug-likeness (QED) is 0.695. The lowest BCUT2D eigenvalue weighted by atomic mass is 10.0. The summed E-state index contributed by atoms with van der Waals surface area (Å²) in [6.45, 7) is 5.64. The van der Waals surface area contributed by atoms with Crippen LogP contribution in [0.4, 0.5) is 0 Å². The van der Waals surface area contributed by atoms with E-state index in [1.54, 1.807) is 0 Å². The number of aromatic nitrogens is 1. The highest BCUT2D eigenvalue weighted by Gasteiger charge is 2.21. The first-order valence-corrected chi connectivity index (χ1v) is 10.2. The molecular weight excluding hydrogens is 350 g/mol. The smallest absolute Gasteiger partial charge is 0.240 e. The lowest BCUT2D eigenvalue weighted by Crippen LogP contribution is -2.45. The number of piperidine rings is 1. The molecule has 1 fully saturated rings. The number of hydrogen-bond acceptors (Lipinski definition) is 3. The molecule has 2 aromatic carbocycles. The van der Waals surface area contributed by atoms with Crippen molar-refractivity contribution in [3.8, 4) is 0 Å². The molecule has 1 N–H and O–H groups in total. The summed E-state index contributed by atoms with van der Waals surface area (Å²) in [5.41, 5.74) is 1.63. The third-order valence-electron chi connectivity index (χ3n) is 5.67. The minimum Gasteiger partial charge on any atom is -0.352 e. The van der Waals surface area contributed by atoms with Crippen molar-refractivity contribution in [2.45, 2.75) is 38.8 Å². The van der Waals surface area contributed by atoms with E-state index < -0.39 is 0 Å². The molecule has 2 heterocycles. The lowest BCUT2D eigenvalue weighted by Gasteiger charge is -2.32. The van der Waals surface area contributed by atoms with Crippen molar-refractivity contribution in [1.29, 1.82) is 0 Å². The lowest BCUT2D eigenvalue weighted by molar-refractivity contribution is -0.122. The van der Waals surface area contributed by atoms with Crippen molar-refractivity contribution in [2.24, 2.45) is 0 Å². The average molecular weight is 377 g/mol. The number of fused-ring (bicyclic) bond motifs is 2. The van der Waals surface area contributed by atoms with E-state index in [0.29, 0.717) is 10.8 Å². The number of likely N-dealkylation sites (tertiary alicyclic amines) is 1. The number of pyridine rings is 1. The van der Waals surface area contributed by atoms with Crippen LogP contribution in [0.15, 0.2) is 53.3 Å². The number of amides is 1. The SMILES string of the molecule is CCCN1CCC(NC(=O)Cn2c3ccccc3c(=O)c3ccccc32)CC1. The molecule has 1 amide bonds. The normalized spacial score (nSPS) is 15.9. The Bertz CT molecular complexity index is 989. The van der Waals surface area contributed by atoms with Gasteiger partial charge in [-0.25, -0.2) is 0 Å². The van der Waals surface area contributed by atoms with Crippen LogP contribution in [-0.4, -0.2) is 41.1 Å². The fourth-order valence-corrected chi connectivity index (χ4v) is 4.28. The van der Waals surface area contributed by atoms with Crippen molar-refractivity contribution in [1.82, 2.24) is 14.8 Å². The highest BCUT2D eigenvalue weighted by molar-refractivity contribution is 5.94. The van der Waals surface area contributed by atoms with Gasteiger partial charge in [0.2, 0.25) is 5.91 Å². The molecule has 146 valence electrons. The fourth-order valence-electron chi connectivity index (χ4n) is 4.28. The summed E-state index contributed by atoms with van der Waals surface area (Å²) in [5, 5.41) is 4.52. The summed E-state index contributed by atoms with van der Waals surface area (Å²) in [6.07, 6.45) is 3.17. The Hall–Kier alpha value is -2.66. The number of benzene rings is 2. The summed E-state index contributed by atoms with van der Waals surface area (Å²) in [7, 11) is 0. The van der Waals surface area contributed by atoms with Gasteiger partial charge in [0.1, 0.15) is 6.54 Å². The third-order valence-corrected chi connectivity index (χ3v) is 5.67. The van der Waals surface area contributed by atoms with E-state index in [2.05, 4.69) is 17.1 Å². The molecule has 1 aromatic heterocycles. The van der Waals surface area contributed by atoms with Crippen LogP contribution in [-0.2, 0) is 11.3 Å². The number of nitrogens with zero attached hydrogens (tertiary/aromatic N) is 2. The van der Waals surface area contributed by atoms with Crippen LogP contribution in [0.25, 0.3) is 21.8 Å². The van der Waals surface area contributed by atoms with Crippen LogP contribution in [0, 0.1) is 0 Å². The topological polar surface area (TPSA) is 54.3 Å². The van der Waals surface area contributed by atoms with Gasteiger partial charge in [-0.15, -0.1) is 0 Å². The molecule has 28 heavy (non-hydrogen) atoms. The minimum absolute atomic E-state index is 0.00731. The third kappa shape index (κ3) is 3.67. The Balaban J connectivity index is 1.58. The number of hydrogen-bond donors (Lipinski definition) is 1. The van der Waals surface area contributed by atoms with Crippen molar-refractivity contribution in [2.75, 3.05) is 19.6 Å². The number of carbonyl (C=O) groups excluding carboxylic acids is 1. The Morgan fingerprint density at radius 1 is 1.00 bits per heavy atom. The van der Waals surface area contributed by atoms with E-state index in [-0.39, 0.29) is 23.9 Å². The molecule has 3 aromatic rings. The van der Waals surface area contributed by atoms with E-state index in [0.717, 1.165) is 43.5 Å². The Kier molecular flexibility index (Phi) is 5.44. The molecule has 4 rings (SSSR count). The van der Waals surface area contributed by atoms with E-state index in [1.165, 1.54) is 6.42 Å². The van der Waals surface area contributed by atoms with Crippen LogP contribution in [0.5, 0.6) is 0 Å². The van der Waals surface area contributed by atoms with Crippen LogP contribution in [0.3, 0.4) is 0 Å². The van der Waals surface area contributed by atoms with E-state index in [1.807, 2.05) is 53.1 Å². The molecule has 0 bridgehead atoms. The number of para-hydroxylation sites is 2. The second-order valence-electron chi connectivity index (χ2n) is 7.63. The van der Waals surface area contributed by atoms with Crippen LogP contribution in [0.1, 0.15) is 26.2 Å². The van der Waals surface area contributed by atoms with Crippen molar-refractivity contribution >= 4 is 27.7 Å². The predicted molar refractivity (Wildman–Crippen MR) is 114 cm³/mol. The van der Waals surface area contributed by atoms with Gasteiger partial charge in [-0.2, -0.15) is 0 Å². The van der Waals surface area contributed by atoms with Crippen LogP contribution < -0.4 is 10.7 Å². The molecule has 1 saturated heterocycles. The first-order valence-electron chi connectivity index (χ1n) is 10.2. The summed E-state index contributed by atoms with van der Waals surface area (Å²) >= 11 is 0. The van der Waals surface area contributed by atoms with Gasteiger partial charge in [-0.3, -0.25) is 9.59 Å². The summed E-state index contributed by atoms with van der Waals surface area (Å²) in [5.74, 6) is 0.00731. The van der Waals surface area contributed by atoms with Crippen molar-refractivity contribution < 1.29 is 4.79 Å². The largest absolute Gasteiger partial charge is 0.352 e. The molecule has 0 radical (unpaired) electrons. The van der Waals surface area contributed by atoms with E-state index in [9.17, 15) is 9.59 Å². The summed E-state index contributed by atoms with van der Waals surface area (Å²) < 4.78 is 1.97. The second-order valence-corrected chi connectivity index (χ2v) is 7.63. The van der Waals surface area contributed by atoms with Gasteiger partial charge < -0.3 is 14.8 Å². The van der Waals surface area contributed by atoms with E-state index >= 15 is 0 Å². The standard InChI is InChI=1S/C23H27N3O2/c1-2-13-25-14-11-17(12-15-25)24-22(27)16-26-20-9-5-3-7-18(20)23(28)19-8-4-6-10-21(19)26/h3-10,17H,2,11-16H2,1H3,(H,24,27). The highest BCUT2D eigenvalue weighted by Crippen LogP contribution is 2.19. The summed E-state index contributed by atoms with van der Waals surface area (Å²) in [6, 6.07) is 15.3. The van der Waals surface area contributed by atoms with Crippen molar-refractivity contribution in [3.05, 3.63) is 58.8 Å². The van der Waals surface area contributed by atoms with Gasteiger partial charge in [0.15, 0.2) is 5.43 Å². The Labute approximate surface area is 165 Å². The maximum atomic E-state index is 12.8. The minimum atomic E-state index is 0.00731. The maximum Gasteiger partial charge on any atom is 0.240 e. The zero-order valence-electron chi connectivity index (χ0n) is 16.4. The molecule has 5 nitrogen and oxygen atoms in total. The number of nitrogens with one attached hydrogen (secondary N) is 1. The zero-order valence-corrected chi connectivity index (χ0v) is 16.4. The summed E-state index contributed by atoms with van der Waals surface area (Å²) in [4.78, 5) is 28.1. The molecule has 1 aliphatic heterocycles. The fraction of sp³-hybridized carbons (Fsp3) is 0.391. The molecule has 0 unspecified atom stereocenters. The van der Waals surface area contributed by atoms with Gasteiger partial charge >= 0.3 is 0 Å². The second kappa shape index (κ2) is 8.15. The van der Waals surface area contributed by atoms with Gasteiger partial charge in [-0.1, -0.05) is 31.2 Å². The number of carbonyl (C=O) groups is 1. The maximum absolute atomic E-state index is 12.8. The Morgan fingerprint density at radius 3 is 2.14 bits per heavy atom. The predicted octanol–water partition coefficient (Wildman–Crippen LogP) is 3.15. The first-order chi connectivity index (χ1) is 13.7. The van der Waals surface area contributed by atoms with E-state index in [4.69, 9.17) is 0 Å². The molecule has 0 aliphatic carbocycles. The Morgan fingerprint density at radius 2 is 1.57 bits per heavy atom. The highest BCUT2D eigenvalue weighted by atomic mass is 16.2. The monoisotopic (exact) mass is 377 g/mol. The van der Waals surface area contributed by atoms with Gasteiger partial charge in [0.05, 0.1) is 11.0 Å². The van der Waals surface area contributed by atoms with Crippen molar-refractivity contribution in [3.63, 3.8) is 0 Å².